The number of hydrogen-bond acceptors (Lipinski definition) is 7. The zero-order chi connectivity index (χ0) is 25.5. The molecule has 3 saturated carbocycles. The van der Waals surface area contributed by atoms with Crippen molar-refractivity contribution in [3.63, 3.8) is 0 Å². The Morgan fingerprint density at radius 1 is 0.941 bits per heavy atom. The summed E-state index contributed by atoms with van der Waals surface area (Å²) < 4.78 is 0. The molecular formula is C27H50O7. The molecule has 0 aromatic rings. The minimum Gasteiger partial charge on any atom is -0.396 e. The van der Waals surface area contributed by atoms with Gasteiger partial charge < -0.3 is 35.7 Å². The molecular weight excluding hydrogens is 436 g/mol. The lowest BCUT2D eigenvalue weighted by Gasteiger charge is -2.65. The van der Waals surface area contributed by atoms with E-state index in [1.807, 2.05) is 6.92 Å². The van der Waals surface area contributed by atoms with Crippen LogP contribution in [0.2, 0.25) is 0 Å². The van der Waals surface area contributed by atoms with E-state index in [9.17, 15) is 35.7 Å². The van der Waals surface area contributed by atoms with Gasteiger partial charge in [-0.25, -0.2) is 0 Å². The van der Waals surface area contributed by atoms with Gasteiger partial charge in [0.05, 0.1) is 30.5 Å². The van der Waals surface area contributed by atoms with Gasteiger partial charge in [0.25, 0.3) is 0 Å². The van der Waals surface area contributed by atoms with Crippen LogP contribution >= 0.6 is 0 Å². The van der Waals surface area contributed by atoms with Gasteiger partial charge in [0.15, 0.2) is 0 Å². The number of aliphatic hydroxyl groups excluding tert-OH is 6. The SMILES string of the molecule is C[C@H](CO)CCC[C@@H](C)[C@@H]([C@@H](O)CO)[C@@]1(C)CCC2[C@@]3(C)CC[C@H](O)CC3[C@@H](O)[C@@H](O)[C@@]2(O)C1. The third-order valence-corrected chi connectivity index (χ3v) is 10.4. The van der Waals surface area contributed by atoms with Crippen molar-refractivity contribution in [1.82, 2.24) is 0 Å². The lowest BCUT2D eigenvalue weighted by atomic mass is 9.42. The topological polar surface area (TPSA) is 142 Å². The van der Waals surface area contributed by atoms with Crippen LogP contribution in [0.3, 0.4) is 0 Å². The molecule has 7 nitrogen and oxygen atoms in total. The van der Waals surface area contributed by atoms with Crippen molar-refractivity contribution < 1.29 is 35.7 Å². The largest absolute Gasteiger partial charge is 0.396 e. The van der Waals surface area contributed by atoms with Crippen molar-refractivity contribution >= 4 is 0 Å². The van der Waals surface area contributed by atoms with Crippen molar-refractivity contribution in [2.45, 2.75) is 115 Å². The van der Waals surface area contributed by atoms with Crippen LogP contribution in [0.4, 0.5) is 0 Å². The second-order valence-corrected chi connectivity index (χ2v) is 12.9. The molecule has 3 aliphatic rings. The fourth-order valence-corrected chi connectivity index (χ4v) is 8.60. The van der Waals surface area contributed by atoms with E-state index in [0.29, 0.717) is 25.7 Å². The summed E-state index contributed by atoms with van der Waals surface area (Å²) in [5.41, 5.74) is -2.38. The molecule has 0 spiro atoms. The van der Waals surface area contributed by atoms with Crippen LogP contribution < -0.4 is 0 Å². The Hall–Kier alpha value is -0.280. The Morgan fingerprint density at radius 2 is 1.62 bits per heavy atom. The quantitative estimate of drug-likeness (QED) is 0.264. The minimum atomic E-state index is -1.49. The normalized spacial score (nSPS) is 46.1. The van der Waals surface area contributed by atoms with E-state index in [0.717, 1.165) is 25.7 Å². The van der Waals surface area contributed by atoms with Crippen molar-refractivity contribution in [3.05, 3.63) is 0 Å². The molecule has 34 heavy (non-hydrogen) atoms. The summed E-state index contributed by atoms with van der Waals surface area (Å²) in [6.45, 7) is 8.04. The molecule has 0 saturated heterocycles. The van der Waals surface area contributed by atoms with Gasteiger partial charge in [-0.1, -0.05) is 40.5 Å². The molecule has 2 unspecified atom stereocenters. The van der Waals surface area contributed by atoms with Gasteiger partial charge in [-0.3, -0.25) is 0 Å². The maximum absolute atomic E-state index is 12.1. The zero-order valence-electron chi connectivity index (χ0n) is 21.6. The van der Waals surface area contributed by atoms with Crippen molar-refractivity contribution in [3.8, 4) is 0 Å². The highest BCUT2D eigenvalue weighted by molar-refractivity contribution is 5.17. The van der Waals surface area contributed by atoms with E-state index in [2.05, 4.69) is 20.8 Å². The Bertz CT molecular complexity index is 675. The van der Waals surface area contributed by atoms with Crippen LogP contribution in [0.1, 0.15) is 85.5 Å². The second kappa shape index (κ2) is 10.6. The first-order valence-corrected chi connectivity index (χ1v) is 13.5. The number of fused-ring (bicyclic) bond motifs is 3. The predicted octanol–water partition coefficient (Wildman–Crippen LogP) is 1.83. The van der Waals surface area contributed by atoms with E-state index in [1.165, 1.54) is 0 Å². The van der Waals surface area contributed by atoms with E-state index in [-0.39, 0.29) is 54.6 Å². The summed E-state index contributed by atoms with van der Waals surface area (Å²) in [4.78, 5) is 0. The van der Waals surface area contributed by atoms with Crippen LogP contribution in [0.5, 0.6) is 0 Å². The molecule has 3 rings (SSSR count). The molecule has 0 aromatic carbocycles. The number of hydrogen-bond donors (Lipinski definition) is 7. The molecule has 0 aromatic heterocycles. The van der Waals surface area contributed by atoms with Gasteiger partial charge in [-0.15, -0.1) is 0 Å². The highest BCUT2D eigenvalue weighted by atomic mass is 16.4. The summed E-state index contributed by atoms with van der Waals surface area (Å²) in [6, 6.07) is 0. The predicted molar refractivity (Wildman–Crippen MR) is 130 cm³/mol. The average molecular weight is 487 g/mol. The summed E-state index contributed by atoms with van der Waals surface area (Å²) >= 11 is 0. The number of rotatable bonds is 9. The van der Waals surface area contributed by atoms with Gasteiger partial charge in [-0.2, -0.15) is 0 Å². The third kappa shape index (κ3) is 4.96. The van der Waals surface area contributed by atoms with Gasteiger partial charge in [0.1, 0.15) is 6.10 Å². The Kier molecular flexibility index (Phi) is 8.82. The maximum Gasteiger partial charge on any atom is 0.109 e. The molecule has 200 valence electrons. The lowest BCUT2D eigenvalue weighted by molar-refractivity contribution is -0.286. The molecule has 0 aliphatic heterocycles. The van der Waals surface area contributed by atoms with Crippen molar-refractivity contribution in [2.75, 3.05) is 13.2 Å². The molecule has 7 N–H and O–H groups in total. The Labute approximate surface area is 205 Å². The standard InChI is InChI=1S/C27H50O7/c1-16(13-28)6-5-7-17(2)22(20(31)14-29)25(3)10-9-21-26(4)11-8-18(30)12-19(26)23(32)24(33)27(21,34)15-25/h16-24,28-34H,5-15H2,1-4H3/t16-,17+,18-,19?,20-,21?,22-,23+,24+,25-,26-,27+/m0/s1. The number of aliphatic hydroxyl groups is 7. The fraction of sp³-hybridized carbons (Fsp3) is 1.00. The van der Waals surface area contributed by atoms with Crippen molar-refractivity contribution in [1.29, 1.82) is 0 Å². The van der Waals surface area contributed by atoms with Crippen molar-refractivity contribution in [2.24, 2.45) is 40.4 Å². The summed E-state index contributed by atoms with van der Waals surface area (Å²) in [5.74, 6) is -0.419. The molecule has 0 heterocycles. The van der Waals surface area contributed by atoms with Gasteiger partial charge >= 0.3 is 0 Å². The van der Waals surface area contributed by atoms with Crippen LogP contribution in [-0.2, 0) is 0 Å². The van der Waals surface area contributed by atoms with Gasteiger partial charge in [0.2, 0.25) is 0 Å². The van der Waals surface area contributed by atoms with E-state index in [4.69, 9.17) is 0 Å². The van der Waals surface area contributed by atoms with E-state index in [1.54, 1.807) is 0 Å². The minimum absolute atomic E-state index is 0.0806. The molecule has 0 bridgehead atoms. The summed E-state index contributed by atoms with van der Waals surface area (Å²) in [5, 5.41) is 74.8. The van der Waals surface area contributed by atoms with Crippen LogP contribution in [0.15, 0.2) is 0 Å². The van der Waals surface area contributed by atoms with Gasteiger partial charge in [-0.05, 0) is 85.4 Å². The Balaban J connectivity index is 1.86. The molecule has 7 heteroatoms. The highest BCUT2D eigenvalue weighted by Gasteiger charge is 2.67. The summed E-state index contributed by atoms with van der Waals surface area (Å²) in [7, 11) is 0. The van der Waals surface area contributed by atoms with E-state index < -0.39 is 35.4 Å². The molecule has 3 aliphatic carbocycles. The molecule has 3 fully saturated rings. The Morgan fingerprint density at radius 3 is 2.24 bits per heavy atom. The summed E-state index contributed by atoms with van der Waals surface area (Å²) in [6.07, 6.45) is 2.25. The molecule has 12 atom stereocenters. The highest BCUT2D eigenvalue weighted by Crippen LogP contribution is 2.64. The smallest absolute Gasteiger partial charge is 0.109 e. The zero-order valence-corrected chi connectivity index (χ0v) is 21.6. The lowest BCUT2D eigenvalue weighted by Crippen LogP contribution is -2.71. The first-order chi connectivity index (χ1) is 15.8. The first kappa shape index (κ1) is 28.3. The van der Waals surface area contributed by atoms with Gasteiger partial charge in [0, 0.05) is 6.61 Å². The fourth-order valence-electron chi connectivity index (χ4n) is 8.60. The maximum atomic E-state index is 12.1. The first-order valence-electron chi connectivity index (χ1n) is 13.5. The molecule has 0 amide bonds. The third-order valence-electron chi connectivity index (χ3n) is 10.4. The van der Waals surface area contributed by atoms with E-state index >= 15 is 0 Å². The van der Waals surface area contributed by atoms with Crippen LogP contribution in [0.25, 0.3) is 0 Å². The average Bonchev–Trinajstić information content (AvgIpc) is 2.78. The van der Waals surface area contributed by atoms with Crippen LogP contribution in [-0.4, -0.2) is 79.0 Å². The monoisotopic (exact) mass is 486 g/mol. The van der Waals surface area contributed by atoms with Crippen LogP contribution in [0, 0.1) is 40.4 Å². The second-order valence-electron chi connectivity index (χ2n) is 12.9. The molecule has 0 radical (unpaired) electrons.